The first-order chi connectivity index (χ1) is 12.2. The third-order valence-electron chi connectivity index (χ3n) is 4.64. The van der Waals surface area contributed by atoms with Gasteiger partial charge in [-0.1, -0.05) is 67.0 Å². The Morgan fingerprint density at radius 2 is 1.81 bits per heavy atom. The molecular weight excluding hydrogens is 322 g/mol. The summed E-state index contributed by atoms with van der Waals surface area (Å²) in [7, 11) is 0. The van der Waals surface area contributed by atoms with Gasteiger partial charge in [0.2, 0.25) is 0 Å². The lowest BCUT2D eigenvalue weighted by atomic mass is 9.72. The summed E-state index contributed by atoms with van der Waals surface area (Å²) in [6.45, 7) is 10.8. The van der Waals surface area contributed by atoms with E-state index in [1.54, 1.807) is 12.1 Å². The van der Waals surface area contributed by atoms with Crippen LogP contribution >= 0.6 is 0 Å². The summed E-state index contributed by atoms with van der Waals surface area (Å²) in [6, 6.07) is 1.66. The van der Waals surface area contributed by atoms with Crippen LogP contribution in [0.5, 0.6) is 0 Å². The highest BCUT2D eigenvalue weighted by Gasteiger charge is 2.26. The number of rotatable bonds is 6. The minimum absolute atomic E-state index is 0.239. The molecule has 0 amide bonds. The Bertz CT molecular complexity index is 763. The third-order valence-corrected chi connectivity index (χ3v) is 4.64. The SMILES string of the molecule is CC(C=CC1=C(C)CCCC1(C)C)=CC=CC(C)=CC=C(C#N)C(=O)O. The molecule has 3 heteroatoms. The number of aliphatic carboxylic acids is 1. The molecule has 1 aliphatic carbocycles. The Labute approximate surface area is 157 Å². The molecule has 1 N–H and O–H groups in total. The molecule has 3 nitrogen and oxygen atoms in total. The Kier molecular flexibility index (Phi) is 8.06. The normalized spacial score (nSPS) is 19.3. The number of allylic oxidation sites excluding steroid dienone is 11. The van der Waals surface area contributed by atoms with Crippen LogP contribution in [-0.2, 0) is 4.79 Å². The largest absolute Gasteiger partial charge is 0.477 e. The molecule has 0 saturated carbocycles. The highest BCUT2D eigenvalue weighted by molar-refractivity contribution is 5.91. The van der Waals surface area contributed by atoms with Crippen LogP contribution in [0, 0.1) is 16.7 Å². The van der Waals surface area contributed by atoms with Crippen molar-refractivity contribution in [2.24, 2.45) is 5.41 Å². The van der Waals surface area contributed by atoms with Crippen molar-refractivity contribution >= 4 is 5.97 Å². The molecule has 0 spiro atoms. The molecule has 0 bridgehead atoms. The number of carbonyl (C=O) groups is 1. The van der Waals surface area contributed by atoms with E-state index in [1.165, 1.54) is 36.5 Å². The molecule has 0 saturated heterocycles. The van der Waals surface area contributed by atoms with Gasteiger partial charge in [0.25, 0.3) is 0 Å². The first-order valence-corrected chi connectivity index (χ1v) is 8.92. The van der Waals surface area contributed by atoms with Gasteiger partial charge in [-0.05, 0) is 57.1 Å². The van der Waals surface area contributed by atoms with E-state index in [1.807, 2.05) is 25.2 Å². The fourth-order valence-electron chi connectivity index (χ4n) is 3.06. The second-order valence-electron chi connectivity index (χ2n) is 7.44. The van der Waals surface area contributed by atoms with Crippen molar-refractivity contribution in [1.82, 2.24) is 0 Å². The van der Waals surface area contributed by atoms with Crippen molar-refractivity contribution in [2.75, 3.05) is 0 Å². The second kappa shape index (κ2) is 9.77. The lowest BCUT2D eigenvalue weighted by Crippen LogP contribution is -2.19. The zero-order valence-corrected chi connectivity index (χ0v) is 16.5. The minimum atomic E-state index is -1.21. The molecule has 26 heavy (non-hydrogen) atoms. The summed E-state index contributed by atoms with van der Waals surface area (Å²) in [6.07, 6.45) is 16.8. The molecule has 0 radical (unpaired) electrons. The van der Waals surface area contributed by atoms with Crippen molar-refractivity contribution in [3.63, 3.8) is 0 Å². The Balaban J connectivity index is 2.81. The van der Waals surface area contributed by atoms with E-state index in [4.69, 9.17) is 10.4 Å². The number of carboxylic acids is 1. The highest BCUT2D eigenvalue weighted by atomic mass is 16.4. The van der Waals surface area contributed by atoms with Crippen LogP contribution in [0.3, 0.4) is 0 Å². The van der Waals surface area contributed by atoms with Gasteiger partial charge in [-0.25, -0.2) is 4.79 Å². The van der Waals surface area contributed by atoms with Gasteiger partial charge in [0, 0.05) is 0 Å². The summed E-state index contributed by atoms with van der Waals surface area (Å²) < 4.78 is 0. The van der Waals surface area contributed by atoms with Crippen molar-refractivity contribution in [3.05, 3.63) is 70.4 Å². The maximum atomic E-state index is 10.8. The van der Waals surface area contributed by atoms with Gasteiger partial charge >= 0.3 is 5.97 Å². The van der Waals surface area contributed by atoms with Crippen LogP contribution in [0.1, 0.15) is 53.9 Å². The van der Waals surface area contributed by atoms with E-state index >= 15 is 0 Å². The molecular formula is C23H29NO2. The Morgan fingerprint density at radius 1 is 1.15 bits per heavy atom. The minimum Gasteiger partial charge on any atom is -0.477 e. The van der Waals surface area contributed by atoms with Crippen LogP contribution in [0.4, 0.5) is 0 Å². The zero-order chi connectivity index (χ0) is 19.7. The van der Waals surface area contributed by atoms with Crippen molar-refractivity contribution in [2.45, 2.75) is 53.9 Å². The highest BCUT2D eigenvalue weighted by Crippen LogP contribution is 2.40. The summed E-state index contributed by atoms with van der Waals surface area (Å²) in [5, 5.41) is 17.5. The van der Waals surface area contributed by atoms with E-state index in [2.05, 4.69) is 39.8 Å². The number of hydrogen-bond donors (Lipinski definition) is 1. The molecule has 1 rings (SSSR count). The van der Waals surface area contributed by atoms with Crippen LogP contribution < -0.4 is 0 Å². The van der Waals surface area contributed by atoms with Gasteiger partial charge < -0.3 is 5.11 Å². The van der Waals surface area contributed by atoms with E-state index in [0.29, 0.717) is 0 Å². The maximum Gasteiger partial charge on any atom is 0.346 e. The summed E-state index contributed by atoms with van der Waals surface area (Å²) >= 11 is 0. The molecule has 0 aliphatic heterocycles. The molecule has 0 aromatic carbocycles. The van der Waals surface area contributed by atoms with E-state index < -0.39 is 5.97 Å². The number of nitriles is 1. The number of carboxylic acid groups (broad SMARTS) is 1. The first kappa shape index (κ1) is 21.4. The molecule has 138 valence electrons. The Hall–Kier alpha value is -2.60. The van der Waals surface area contributed by atoms with Gasteiger partial charge in [-0.3, -0.25) is 0 Å². The first-order valence-electron chi connectivity index (χ1n) is 8.92. The summed E-state index contributed by atoms with van der Waals surface area (Å²) in [4.78, 5) is 10.8. The molecule has 1 aliphatic rings. The standard InChI is InChI=1S/C23H29NO2/c1-17(11-13-20(16-24)22(25)26)8-6-9-18(2)12-14-21-19(3)10-7-15-23(21,4)5/h6,8-9,11-14H,7,10,15H2,1-5H3,(H,25,26). The van der Waals surface area contributed by atoms with Gasteiger partial charge in [0.1, 0.15) is 11.6 Å². The van der Waals surface area contributed by atoms with Crippen LogP contribution in [0.15, 0.2) is 70.4 Å². The monoisotopic (exact) mass is 351 g/mol. The van der Waals surface area contributed by atoms with Crippen molar-refractivity contribution < 1.29 is 9.90 Å². The number of nitrogens with zero attached hydrogens (tertiary/aromatic N) is 1. The zero-order valence-electron chi connectivity index (χ0n) is 16.5. The second-order valence-corrected chi connectivity index (χ2v) is 7.44. The van der Waals surface area contributed by atoms with Crippen LogP contribution in [-0.4, -0.2) is 11.1 Å². The van der Waals surface area contributed by atoms with Crippen molar-refractivity contribution in [1.29, 1.82) is 5.26 Å². The quantitative estimate of drug-likeness (QED) is 0.360. The van der Waals surface area contributed by atoms with Crippen LogP contribution in [0.25, 0.3) is 0 Å². The summed E-state index contributed by atoms with van der Waals surface area (Å²) in [5.74, 6) is -1.21. The molecule has 0 fully saturated rings. The fraction of sp³-hybridized carbons (Fsp3) is 0.391. The molecule has 0 unspecified atom stereocenters. The van der Waals surface area contributed by atoms with Gasteiger partial charge in [0.15, 0.2) is 0 Å². The topological polar surface area (TPSA) is 61.1 Å². The average molecular weight is 351 g/mol. The molecule has 0 heterocycles. The lowest BCUT2D eigenvalue weighted by Gasteiger charge is -2.32. The van der Waals surface area contributed by atoms with E-state index in [9.17, 15) is 4.79 Å². The third kappa shape index (κ3) is 6.72. The molecule has 0 aromatic rings. The molecule has 0 atom stereocenters. The van der Waals surface area contributed by atoms with E-state index in [-0.39, 0.29) is 11.0 Å². The smallest absolute Gasteiger partial charge is 0.346 e. The van der Waals surface area contributed by atoms with Gasteiger partial charge in [-0.2, -0.15) is 5.26 Å². The van der Waals surface area contributed by atoms with Crippen LogP contribution in [0.2, 0.25) is 0 Å². The van der Waals surface area contributed by atoms with E-state index in [0.717, 1.165) is 11.1 Å². The predicted octanol–water partition coefficient (Wildman–Crippen LogP) is 6.05. The molecule has 0 aromatic heterocycles. The predicted molar refractivity (Wildman–Crippen MR) is 107 cm³/mol. The van der Waals surface area contributed by atoms with Gasteiger partial charge in [-0.15, -0.1) is 0 Å². The number of hydrogen-bond acceptors (Lipinski definition) is 2. The Morgan fingerprint density at radius 3 is 2.38 bits per heavy atom. The van der Waals surface area contributed by atoms with Gasteiger partial charge in [0.05, 0.1) is 0 Å². The fourth-order valence-corrected chi connectivity index (χ4v) is 3.06. The average Bonchev–Trinajstić information content (AvgIpc) is 2.54. The summed E-state index contributed by atoms with van der Waals surface area (Å²) in [5.41, 5.74) is 4.92. The lowest BCUT2D eigenvalue weighted by molar-refractivity contribution is -0.132. The van der Waals surface area contributed by atoms with Crippen molar-refractivity contribution in [3.8, 4) is 6.07 Å². The maximum absolute atomic E-state index is 10.8.